The molecule has 6 heteroatoms. The maximum atomic E-state index is 12.9. The average molecular weight is 318 g/mol. The van der Waals surface area contributed by atoms with Crippen LogP contribution in [0.4, 0.5) is 0 Å². The van der Waals surface area contributed by atoms with Gasteiger partial charge in [-0.15, -0.1) is 0 Å². The predicted octanol–water partition coefficient (Wildman–Crippen LogP) is 0.494. The number of ether oxygens (including phenoxy) is 1. The summed E-state index contributed by atoms with van der Waals surface area (Å²) in [4.78, 5) is 21.6. The summed E-state index contributed by atoms with van der Waals surface area (Å²) in [7, 11) is 1.67. The Morgan fingerprint density at radius 1 is 1.26 bits per heavy atom. The molecule has 1 aromatic rings. The molecule has 0 aromatic carbocycles. The highest BCUT2D eigenvalue weighted by molar-refractivity contribution is 5.85. The van der Waals surface area contributed by atoms with Gasteiger partial charge in [-0.25, -0.2) is 0 Å². The average Bonchev–Trinajstić information content (AvgIpc) is 2.63. The number of rotatable bonds is 4. The van der Waals surface area contributed by atoms with E-state index in [1.165, 1.54) is 0 Å². The van der Waals surface area contributed by atoms with Gasteiger partial charge in [0.15, 0.2) is 0 Å². The number of hydrogen-bond donors (Lipinski definition) is 1. The third-order valence-electron chi connectivity index (χ3n) is 4.96. The van der Waals surface area contributed by atoms with Crippen molar-refractivity contribution in [3.05, 3.63) is 30.1 Å². The van der Waals surface area contributed by atoms with Crippen LogP contribution in [-0.2, 0) is 16.1 Å². The number of methoxy groups -OCH3 is 1. The smallest absolute Gasteiger partial charge is 0.254 e. The van der Waals surface area contributed by atoms with Crippen LogP contribution in [0.1, 0.15) is 18.5 Å². The lowest BCUT2D eigenvalue weighted by atomic mass is 9.90. The van der Waals surface area contributed by atoms with Crippen molar-refractivity contribution in [2.24, 2.45) is 0 Å². The van der Waals surface area contributed by atoms with Crippen molar-refractivity contribution in [3.63, 3.8) is 0 Å². The highest BCUT2D eigenvalue weighted by Gasteiger charge is 2.42. The molecule has 0 radical (unpaired) electrons. The summed E-state index contributed by atoms with van der Waals surface area (Å²) < 4.78 is 5.66. The summed E-state index contributed by atoms with van der Waals surface area (Å²) in [5, 5.41) is 3.30. The second kappa shape index (κ2) is 7.38. The summed E-state index contributed by atoms with van der Waals surface area (Å²) in [6.45, 7) is 5.86. The summed E-state index contributed by atoms with van der Waals surface area (Å²) in [5.74, 6) is 0.166. The maximum absolute atomic E-state index is 12.9. The number of piperazine rings is 1. The first kappa shape index (κ1) is 16.4. The standard InChI is InChI=1S/C17H26N4O2/c1-23-17(5-8-18-9-6-17)16(22)21-12-10-20(11-13-21)14-15-4-2-3-7-19-15/h2-4,7,18H,5-6,8-14H2,1H3. The summed E-state index contributed by atoms with van der Waals surface area (Å²) >= 11 is 0. The van der Waals surface area contributed by atoms with Crippen molar-refractivity contribution < 1.29 is 9.53 Å². The molecule has 0 unspecified atom stereocenters. The Morgan fingerprint density at radius 2 is 2.00 bits per heavy atom. The molecule has 1 aromatic heterocycles. The van der Waals surface area contributed by atoms with E-state index in [1.807, 2.05) is 29.3 Å². The number of carbonyl (C=O) groups excluding carboxylic acids is 1. The molecule has 3 heterocycles. The quantitative estimate of drug-likeness (QED) is 0.876. The van der Waals surface area contributed by atoms with Gasteiger partial charge in [-0.3, -0.25) is 14.7 Å². The summed E-state index contributed by atoms with van der Waals surface area (Å²) in [6, 6.07) is 6.00. The van der Waals surface area contributed by atoms with Crippen LogP contribution in [0.15, 0.2) is 24.4 Å². The number of hydrogen-bond acceptors (Lipinski definition) is 5. The molecule has 1 N–H and O–H groups in total. The Bertz CT molecular complexity index is 509. The molecule has 1 amide bonds. The van der Waals surface area contributed by atoms with Gasteiger partial charge in [0.1, 0.15) is 5.60 Å². The Morgan fingerprint density at radius 3 is 2.61 bits per heavy atom. The number of carbonyl (C=O) groups is 1. The Balaban J connectivity index is 1.55. The van der Waals surface area contributed by atoms with Crippen LogP contribution in [0, 0.1) is 0 Å². The molecule has 3 rings (SSSR count). The molecule has 2 aliphatic rings. The molecule has 2 saturated heterocycles. The van der Waals surface area contributed by atoms with Crippen LogP contribution in [0.5, 0.6) is 0 Å². The van der Waals surface area contributed by atoms with Gasteiger partial charge >= 0.3 is 0 Å². The van der Waals surface area contributed by atoms with Gasteiger partial charge in [0, 0.05) is 46.0 Å². The van der Waals surface area contributed by atoms with E-state index in [9.17, 15) is 4.79 Å². The summed E-state index contributed by atoms with van der Waals surface area (Å²) in [6.07, 6.45) is 3.35. The predicted molar refractivity (Wildman–Crippen MR) is 87.9 cm³/mol. The van der Waals surface area contributed by atoms with E-state index in [-0.39, 0.29) is 5.91 Å². The second-order valence-electron chi connectivity index (χ2n) is 6.34. The monoisotopic (exact) mass is 318 g/mol. The Labute approximate surface area is 137 Å². The van der Waals surface area contributed by atoms with Gasteiger partial charge in [0.2, 0.25) is 0 Å². The first-order chi connectivity index (χ1) is 11.2. The van der Waals surface area contributed by atoms with Crippen molar-refractivity contribution in [2.75, 3.05) is 46.4 Å². The normalized spacial score (nSPS) is 22.0. The topological polar surface area (TPSA) is 57.7 Å². The van der Waals surface area contributed by atoms with E-state index in [4.69, 9.17) is 4.74 Å². The number of nitrogens with one attached hydrogen (secondary N) is 1. The SMILES string of the molecule is COC1(C(=O)N2CCN(Cc3ccccn3)CC2)CCNCC1. The molecule has 126 valence electrons. The minimum Gasteiger partial charge on any atom is -0.368 e. The van der Waals surface area contributed by atoms with E-state index < -0.39 is 5.60 Å². The first-order valence-corrected chi connectivity index (χ1v) is 8.41. The van der Waals surface area contributed by atoms with Crippen molar-refractivity contribution in [1.29, 1.82) is 0 Å². The number of amides is 1. The van der Waals surface area contributed by atoms with Crippen molar-refractivity contribution in [2.45, 2.75) is 25.0 Å². The molecular formula is C17H26N4O2. The molecule has 0 spiro atoms. The fraction of sp³-hybridized carbons (Fsp3) is 0.647. The highest BCUT2D eigenvalue weighted by Crippen LogP contribution is 2.25. The zero-order valence-corrected chi connectivity index (χ0v) is 13.8. The van der Waals surface area contributed by atoms with Gasteiger partial charge < -0.3 is 15.0 Å². The first-order valence-electron chi connectivity index (χ1n) is 8.41. The van der Waals surface area contributed by atoms with E-state index in [2.05, 4.69) is 15.2 Å². The molecule has 23 heavy (non-hydrogen) atoms. The lowest BCUT2D eigenvalue weighted by molar-refractivity contribution is -0.160. The van der Waals surface area contributed by atoms with Gasteiger partial charge in [-0.05, 0) is 38.1 Å². The van der Waals surface area contributed by atoms with Crippen LogP contribution in [0.3, 0.4) is 0 Å². The molecule has 0 bridgehead atoms. The minimum atomic E-state index is -0.617. The Hall–Kier alpha value is -1.50. The van der Waals surface area contributed by atoms with Crippen molar-refractivity contribution >= 4 is 5.91 Å². The van der Waals surface area contributed by atoms with Crippen molar-refractivity contribution in [1.82, 2.24) is 20.1 Å². The van der Waals surface area contributed by atoms with E-state index in [0.29, 0.717) is 0 Å². The van der Waals surface area contributed by atoms with Crippen LogP contribution < -0.4 is 5.32 Å². The largest absolute Gasteiger partial charge is 0.368 e. The van der Waals surface area contributed by atoms with Gasteiger partial charge in [-0.1, -0.05) is 6.07 Å². The molecule has 2 aliphatic heterocycles. The second-order valence-corrected chi connectivity index (χ2v) is 6.34. The zero-order chi connectivity index (χ0) is 16.1. The van der Waals surface area contributed by atoms with Gasteiger partial charge in [0.05, 0.1) is 5.69 Å². The third-order valence-corrected chi connectivity index (χ3v) is 4.96. The van der Waals surface area contributed by atoms with E-state index in [1.54, 1.807) is 7.11 Å². The zero-order valence-electron chi connectivity index (χ0n) is 13.8. The lowest BCUT2D eigenvalue weighted by Crippen LogP contribution is -2.59. The van der Waals surface area contributed by atoms with Crippen molar-refractivity contribution in [3.8, 4) is 0 Å². The van der Waals surface area contributed by atoms with Crippen LogP contribution in [0.25, 0.3) is 0 Å². The molecule has 0 saturated carbocycles. The molecule has 2 fully saturated rings. The van der Waals surface area contributed by atoms with E-state index >= 15 is 0 Å². The molecule has 0 aliphatic carbocycles. The molecule has 6 nitrogen and oxygen atoms in total. The van der Waals surface area contributed by atoms with Gasteiger partial charge in [-0.2, -0.15) is 0 Å². The summed E-state index contributed by atoms with van der Waals surface area (Å²) in [5.41, 5.74) is 0.466. The number of nitrogens with zero attached hydrogens (tertiary/aromatic N) is 3. The number of pyridine rings is 1. The number of piperidine rings is 1. The van der Waals surface area contributed by atoms with Crippen LogP contribution in [-0.4, -0.2) is 72.7 Å². The minimum absolute atomic E-state index is 0.166. The van der Waals surface area contributed by atoms with Crippen LogP contribution in [0.2, 0.25) is 0 Å². The molecule has 0 atom stereocenters. The fourth-order valence-electron chi connectivity index (χ4n) is 3.45. The number of aromatic nitrogens is 1. The Kier molecular flexibility index (Phi) is 5.25. The molecular weight excluding hydrogens is 292 g/mol. The highest BCUT2D eigenvalue weighted by atomic mass is 16.5. The fourth-order valence-corrected chi connectivity index (χ4v) is 3.45. The maximum Gasteiger partial charge on any atom is 0.254 e. The third kappa shape index (κ3) is 3.71. The van der Waals surface area contributed by atoms with E-state index in [0.717, 1.165) is 64.3 Å². The lowest BCUT2D eigenvalue weighted by Gasteiger charge is -2.42. The van der Waals surface area contributed by atoms with Crippen LogP contribution >= 0.6 is 0 Å². The van der Waals surface area contributed by atoms with Gasteiger partial charge in [0.25, 0.3) is 5.91 Å².